The number of hydrogen-bond donors (Lipinski definition) is 1. The Morgan fingerprint density at radius 3 is 2.40 bits per heavy atom. The molecule has 0 bridgehead atoms. The van der Waals surface area contributed by atoms with Crippen LogP contribution >= 0.6 is 0 Å². The van der Waals surface area contributed by atoms with E-state index in [0.29, 0.717) is 6.54 Å². The second-order valence-electron chi connectivity index (χ2n) is 5.62. The summed E-state index contributed by atoms with van der Waals surface area (Å²) in [5, 5.41) is 3.35. The molecule has 1 rings (SSSR count). The lowest BCUT2D eigenvalue weighted by Crippen LogP contribution is -2.42. The fourth-order valence-corrected chi connectivity index (χ4v) is 2.27. The first-order valence-corrected chi connectivity index (χ1v) is 8.68. The summed E-state index contributed by atoms with van der Waals surface area (Å²) in [4.78, 5) is 0. The topological polar surface area (TPSA) is 55.4 Å². The van der Waals surface area contributed by atoms with Crippen LogP contribution in [0.4, 0.5) is 0 Å². The second kappa shape index (κ2) is 6.59. The molecule has 0 fully saturated rings. The van der Waals surface area contributed by atoms with Gasteiger partial charge in [-0.15, -0.1) is 0 Å². The maximum absolute atomic E-state index is 11.7. The van der Waals surface area contributed by atoms with Gasteiger partial charge < -0.3 is 10.1 Å². The van der Waals surface area contributed by atoms with Crippen molar-refractivity contribution in [1.82, 2.24) is 5.32 Å². The molecule has 0 aliphatic heterocycles. The van der Waals surface area contributed by atoms with Crippen LogP contribution in [0.1, 0.15) is 38.8 Å². The van der Waals surface area contributed by atoms with Gasteiger partial charge in [-0.1, -0.05) is 25.1 Å². The van der Waals surface area contributed by atoms with Crippen LogP contribution in [0.3, 0.4) is 0 Å². The van der Waals surface area contributed by atoms with E-state index < -0.39 is 14.6 Å². The summed E-state index contributed by atoms with van der Waals surface area (Å²) < 4.78 is 28.1. The van der Waals surface area contributed by atoms with E-state index in [0.717, 1.165) is 17.7 Å². The molecule has 4 nitrogen and oxygen atoms in total. The van der Waals surface area contributed by atoms with E-state index in [9.17, 15) is 8.42 Å². The monoisotopic (exact) mass is 299 g/mol. The number of methoxy groups -OCH3 is 1. The van der Waals surface area contributed by atoms with E-state index in [1.165, 1.54) is 6.26 Å². The molecule has 0 spiro atoms. The zero-order valence-electron chi connectivity index (χ0n) is 12.9. The molecule has 0 radical (unpaired) electrons. The lowest BCUT2D eigenvalue weighted by Gasteiger charge is -2.27. The van der Waals surface area contributed by atoms with Gasteiger partial charge in [0.05, 0.1) is 11.9 Å². The SMILES string of the molecule is CCC(NCC(C)(C)S(C)(=O)=O)c1ccccc1OC. The summed E-state index contributed by atoms with van der Waals surface area (Å²) in [7, 11) is -1.45. The molecular formula is C15H25NO3S. The zero-order chi connectivity index (χ0) is 15.4. The minimum Gasteiger partial charge on any atom is -0.496 e. The predicted octanol–water partition coefficient (Wildman–Crippen LogP) is 2.56. The Morgan fingerprint density at radius 1 is 1.30 bits per heavy atom. The van der Waals surface area contributed by atoms with Crippen molar-refractivity contribution in [3.05, 3.63) is 29.8 Å². The molecule has 0 aromatic heterocycles. The van der Waals surface area contributed by atoms with Crippen LogP contribution in [0.25, 0.3) is 0 Å². The van der Waals surface area contributed by atoms with Crippen molar-refractivity contribution in [2.45, 2.75) is 38.0 Å². The molecule has 1 aromatic rings. The average Bonchev–Trinajstić information content (AvgIpc) is 2.38. The smallest absolute Gasteiger partial charge is 0.153 e. The van der Waals surface area contributed by atoms with Crippen molar-refractivity contribution >= 4 is 9.84 Å². The van der Waals surface area contributed by atoms with Crippen molar-refractivity contribution in [3.8, 4) is 5.75 Å². The Balaban J connectivity index is 2.89. The fourth-order valence-electron chi connectivity index (χ4n) is 1.93. The Morgan fingerprint density at radius 2 is 1.90 bits per heavy atom. The van der Waals surface area contributed by atoms with Gasteiger partial charge in [-0.3, -0.25) is 0 Å². The molecule has 20 heavy (non-hydrogen) atoms. The van der Waals surface area contributed by atoms with Crippen LogP contribution in [0.2, 0.25) is 0 Å². The first kappa shape index (κ1) is 17.0. The van der Waals surface area contributed by atoms with Crippen molar-refractivity contribution in [2.75, 3.05) is 19.9 Å². The van der Waals surface area contributed by atoms with Gasteiger partial charge in [-0.25, -0.2) is 8.42 Å². The van der Waals surface area contributed by atoms with Crippen molar-refractivity contribution < 1.29 is 13.2 Å². The summed E-state index contributed by atoms with van der Waals surface area (Å²) in [6, 6.07) is 7.89. The number of rotatable bonds is 7. The second-order valence-corrected chi connectivity index (χ2v) is 8.27. The Kier molecular flexibility index (Phi) is 5.59. The molecule has 5 heteroatoms. The van der Waals surface area contributed by atoms with E-state index in [1.807, 2.05) is 24.3 Å². The molecule has 1 aromatic carbocycles. The molecule has 114 valence electrons. The third-order valence-corrected chi connectivity index (χ3v) is 5.85. The summed E-state index contributed by atoms with van der Waals surface area (Å²) in [5.74, 6) is 0.823. The molecule has 1 N–H and O–H groups in total. The maximum Gasteiger partial charge on any atom is 0.153 e. The number of hydrogen-bond acceptors (Lipinski definition) is 4. The van der Waals surface area contributed by atoms with E-state index in [1.54, 1.807) is 21.0 Å². The molecule has 0 heterocycles. The van der Waals surface area contributed by atoms with Gasteiger partial charge in [0.1, 0.15) is 5.75 Å². The van der Waals surface area contributed by atoms with Crippen LogP contribution < -0.4 is 10.1 Å². The minimum atomic E-state index is -3.10. The summed E-state index contributed by atoms with van der Waals surface area (Å²) in [5.41, 5.74) is 1.06. The van der Waals surface area contributed by atoms with Crippen molar-refractivity contribution in [3.63, 3.8) is 0 Å². The molecular weight excluding hydrogens is 274 g/mol. The van der Waals surface area contributed by atoms with Crippen LogP contribution in [-0.2, 0) is 9.84 Å². The molecule has 0 saturated heterocycles. The first-order chi connectivity index (χ1) is 9.23. The van der Waals surface area contributed by atoms with Gasteiger partial charge >= 0.3 is 0 Å². The standard InChI is InChI=1S/C15H25NO3S/c1-6-13(12-9-7-8-10-14(12)19-4)16-11-15(2,3)20(5,17)18/h7-10,13,16H,6,11H2,1-5H3. The normalized spacial score (nSPS) is 14.1. The average molecular weight is 299 g/mol. The number of sulfone groups is 1. The van der Waals surface area contributed by atoms with Gasteiger partial charge in [0.2, 0.25) is 0 Å². The Bertz CT molecular complexity index is 538. The van der Waals surface area contributed by atoms with E-state index in [4.69, 9.17) is 4.74 Å². The van der Waals surface area contributed by atoms with Crippen LogP contribution in [0.5, 0.6) is 5.75 Å². The molecule has 0 aliphatic rings. The third-order valence-electron chi connectivity index (χ3n) is 3.70. The molecule has 0 aliphatic carbocycles. The van der Waals surface area contributed by atoms with Crippen molar-refractivity contribution in [2.24, 2.45) is 0 Å². The van der Waals surface area contributed by atoms with Crippen molar-refractivity contribution in [1.29, 1.82) is 0 Å². The van der Waals surface area contributed by atoms with Crippen LogP contribution in [0, 0.1) is 0 Å². The largest absolute Gasteiger partial charge is 0.496 e. The quantitative estimate of drug-likeness (QED) is 0.840. The Hall–Kier alpha value is -1.07. The van der Waals surface area contributed by atoms with E-state index in [-0.39, 0.29) is 6.04 Å². The predicted molar refractivity (Wildman–Crippen MR) is 83.0 cm³/mol. The highest BCUT2D eigenvalue weighted by atomic mass is 32.2. The van der Waals surface area contributed by atoms with Gasteiger partial charge in [0.25, 0.3) is 0 Å². The zero-order valence-corrected chi connectivity index (χ0v) is 13.8. The van der Waals surface area contributed by atoms with Crippen LogP contribution in [0.15, 0.2) is 24.3 Å². The van der Waals surface area contributed by atoms with E-state index in [2.05, 4.69) is 12.2 Å². The van der Waals surface area contributed by atoms with Gasteiger partial charge in [0, 0.05) is 24.4 Å². The first-order valence-electron chi connectivity index (χ1n) is 6.79. The molecule has 0 amide bonds. The lowest BCUT2D eigenvalue weighted by molar-refractivity contribution is 0.393. The van der Waals surface area contributed by atoms with Crippen LogP contribution in [-0.4, -0.2) is 33.1 Å². The number of para-hydroxylation sites is 1. The number of benzene rings is 1. The maximum atomic E-state index is 11.7. The van der Waals surface area contributed by atoms with Gasteiger partial charge in [0.15, 0.2) is 9.84 Å². The Labute approximate surface area is 122 Å². The summed E-state index contributed by atoms with van der Waals surface area (Å²) in [6.07, 6.45) is 2.14. The molecule has 1 atom stereocenters. The molecule has 1 unspecified atom stereocenters. The molecule has 0 saturated carbocycles. The summed E-state index contributed by atoms with van der Waals surface area (Å²) >= 11 is 0. The third kappa shape index (κ3) is 3.96. The number of nitrogens with one attached hydrogen (secondary N) is 1. The highest BCUT2D eigenvalue weighted by molar-refractivity contribution is 7.92. The summed E-state index contributed by atoms with van der Waals surface area (Å²) in [6.45, 7) is 5.95. The van der Waals surface area contributed by atoms with Gasteiger partial charge in [-0.05, 0) is 26.3 Å². The van der Waals surface area contributed by atoms with Gasteiger partial charge in [-0.2, -0.15) is 0 Å². The lowest BCUT2D eigenvalue weighted by atomic mass is 10.0. The highest BCUT2D eigenvalue weighted by Gasteiger charge is 2.30. The minimum absolute atomic E-state index is 0.0761. The number of ether oxygens (including phenoxy) is 1. The fraction of sp³-hybridized carbons (Fsp3) is 0.600. The highest BCUT2D eigenvalue weighted by Crippen LogP contribution is 2.27. The van der Waals surface area contributed by atoms with E-state index >= 15 is 0 Å².